The molecule has 2 aromatic rings. The molecule has 0 aliphatic rings. The summed E-state index contributed by atoms with van der Waals surface area (Å²) in [6, 6.07) is 7.21. The van der Waals surface area contributed by atoms with Crippen molar-refractivity contribution in [2.24, 2.45) is 0 Å². The highest BCUT2D eigenvalue weighted by Gasteiger charge is 2.11. The molecule has 88 valence electrons. The van der Waals surface area contributed by atoms with Crippen molar-refractivity contribution < 1.29 is 4.74 Å². The Kier molecular flexibility index (Phi) is 3.82. The highest BCUT2D eigenvalue weighted by molar-refractivity contribution is 6.32. The number of hydrogen-bond acceptors (Lipinski definition) is 3. The summed E-state index contributed by atoms with van der Waals surface area (Å²) in [6.07, 6.45) is 2.06. The van der Waals surface area contributed by atoms with Gasteiger partial charge in [-0.15, -0.1) is 0 Å². The molecule has 2 rings (SSSR count). The van der Waals surface area contributed by atoms with Crippen molar-refractivity contribution in [3.63, 3.8) is 0 Å². The maximum Gasteiger partial charge on any atom is 0.227 e. The molecular formula is C12H10Cl2N2O. The summed E-state index contributed by atoms with van der Waals surface area (Å²) >= 11 is 12.0. The molecule has 0 bridgehead atoms. The first-order chi connectivity index (χ1) is 8.22. The van der Waals surface area contributed by atoms with E-state index in [9.17, 15) is 0 Å². The van der Waals surface area contributed by atoms with E-state index in [0.717, 1.165) is 5.56 Å². The largest absolute Gasteiger partial charge is 0.437 e. The van der Waals surface area contributed by atoms with Crippen molar-refractivity contribution >= 4 is 23.2 Å². The van der Waals surface area contributed by atoms with Crippen LogP contribution >= 0.6 is 23.2 Å². The molecule has 1 aromatic heterocycles. The predicted molar refractivity (Wildman–Crippen MR) is 67.9 cm³/mol. The first-order valence-corrected chi connectivity index (χ1v) is 5.89. The third kappa shape index (κ3) is 2.68. The topological polar surface area (TPSA) is 35.0 Å². The monoisotopic (exact) mass is 268 g/mol. The fraction of sp³-hybridized carbons (Fsp3) is 0.167. The predicted octanol–water partition coefficient (Wildman–Crippen LogP) is 4.14. The quantitative estimate of drug-likeness (QED) is 0.785. The normalized spacial score (nSPS) is 10.3. The standard InChI is InChI=1S/C12H10Cl2N2O/c1-2-8-11(14)15-7-16-12(8)17-10-6-4-3-5-9(10)13/h3-7H,2H2,1H3. The van der Waals surface area contributed by atoms with E-state index in [1.165, 1.54) is 6.33 Å². The van der Waals surface area contributed by atoms with E-state index in [-0.39, 0.29) is 0 Å². The van der Waals surface area contributed by atoms with Gasteiger partial charge >= 0.3 is 0 Å². The van der Waals surface area contributed by atoms with Gasteiger partial charge in [-0.1, -0.05) is 42.3 Å². The summed E-state index contributed by atoms with van der Waals surface area (Å²) in [5, 5.41) is 0.939. The second-order valence-electron chi connectivity index (χ2n) is 3.33. The van der Waals surface area contributed by atoms with E-state index in [4.69, 9.17) is 27.9 Å². The Balaban J connectivity index is 2.37. The van der Waals surface area contributed by atoms with Gasteiger partial charge in [-0.3, -0.25) is 0 Å². The third-order valence-electron chi connectivity index (χ3n) is 2.25. The molecule has 0 aliphatic carbocycles. The Hall–Kier alpha value is -1.32. The van der Waals surface area contributed by atoms with Crippen molar-refractivity contribution in [1.82, 2.24) is 9.97 Å². The van der Waals surface area contributed by atoms with Crippen molar-refractivity contribution in [2.45, 2.75) is 13.3 Å². The van der Waals surface area contributed by atoms with Crippen molar-refractivity contribution in [3.8, 4) is 11.6 Å². The molecule has 5 heteroatoms. The molecule has 0 saturated carbocycles. The average Bonchev–Trinajstić information content (AvgIpc) is 2.32. The molecule has 0 aliphatic heterocycles. The van der Waals surface area contributed by atoms with Gasteiger partial charge in [0.25, 0.3) is 0 Å². The first kappa shape index (κ1) is 12.1. The highest BCUT2D eigenvalue weighted by Crippen LogP contribution is 2.31. The number of rotatable bonds is 3. The lowest BCUT2D eigenvalue weighted by atomic mass is 10.2. The summed E-state index contributed by atoms with van der Waals surface area (Å²) < 4.78 is 5.64. The Morgan fingerprint density at radius 1 is 1.18 bits per heavy atom. The maximum atomic E-state index is 6.01. The summed E-state index contributed by atoms with van der Waals surface area (Å²) in [6.45, 7) is 1.96. The number of nitrogens with zero attached hydrogens (tertiary/aromatic N) is 2. The smallest absolute Gasteiger partial charge is 0.227 e. The number of ether oxygens (including phenoxy) is 1. The maximum absolute atomic E-state index is 6.01. The van der Waals surface area contributed by atoms with Crippen LogP contribution in [0.5, 0.6) is 11.6 Å². The van der Waals surface area contributed by atoms with Gasteiger partial charge in [-0.05, 0) is 18.6 Å². The van der Waals surface area contributed by atoms with E-state index in [1.54, 1.807) is 12.1 Å². The van der Waals surface area contributed by atoms with E-state index >= 15 is 0 Å². The molecule has 1 heterocycles. The molecule has 0 saturated heterocycles. The van der Waals surface area contributed by atoms with Crippen molar-refractivity contribution in [1.29, 1.82) is 0 Å². The molecule has 3 nitrogen and oxygen atoms in total. The molecule has 0 radical (unpaired) electrons. The lowest BCUT2D eigenvalue weighted by Crippen LogP contribution is -1.96. The summed E-state index contributed by atoms with van der Waals surface area (Å²) in [7, 11) is 0. The van der Waals surface area contributed by atoms with Crippen LogP contribution < -0.4 is 4.74 Å². The van der Waals surface area contributed by atoms with Gasteiger partial charge in [-0.2, -0.15) is 0 Å². The van der Waals surface area contributed by atoms with E-state index < -0.39 is 0 Å². The number of aromatic nitrogens is 2. The zero-order valence-electron chi connectivity index (χ0n) is 9.15. The van der Waals surface area contributed by atoms with Crippen LogP contribution in [0, 0.1) is 0 Å². The summed E-state index contributed by atoms with van der Waals surface area (Å²) in [5.74, 6) is 0.999. The number of halogens is 2. The van der Waals surface area contributed by atoms with E-state index in [2.05, 4.69) is 9.97 Å². The second kappa shape index (κ2) is 5.34. The lowest BCUT2D eigenvalue weighted by Gasteiger charge is -2.10. The average molecular weight is 269 g/mol. The molecular weight excluding hydrogens is 259 g/mol. The number of hydrogen-bond donors (Lipinski definition) is 0. The molecule has 0 fully saturated rings. The third-order valence-corrected chi connectivity index (χ3v) is 2.89. The van der Waals surface area contributed by atoms with Gasteiger partial charge < -0.3 is 4.74 Å². The second-order valence-corrected chi connectivity index (χ2v) is 4.10. The number of benzene rings is 1. The Morgan fingerprint density at radius 3 is 2.65 bits per heavy atom. The Morgan fingerprint density at radius 2 is 1.94 bits per heavy atom. The lowest BCUT2D eigenvalue weighted by molar-refractivity contribution is 0.455. The zero-order valence-corrected chi connectivity index (χ0v) is 10.7. The van der Waals surface area contributed by atoms with Gasteiger partial charge in [0.2, 0.25) is 5.88 Å². The SMILES string of the molecule is CCc1c(Cl)ncnc1Oc1ccccc1Cl. The Labute approximate surface area is 109 Å². The van der Waals surface area contributed by atoms with Gasteiger partial charge in [0.05, 0.1) is 10.6 Å². The van der Waals surface area contributed by atoms with Crippen LogP contribution in [-0.2, 0) is 6.42 Å². The highest BCUT2D eigenvalue weighted by atomic mass is 35.5. The van der Waals surface area contributed by atoms with Gasteiger partial charge in [0.1, 0.15) is 17.2 Å². The number of para-hydroxylation sites is 1. The minimum absolute atomic E-state index is 0.407. The zero-order chi connectivity index (χ0) is 12.3. The van der Waals surface area contributed by atoms with Crippen LogP contribution in [0.1, 0.15) is 12.5 Å². The van der Waals surface area contributed by atoms with Crippen LogP contribution in [-0.4, -0.2) is 9.97 Å². The molecule has 0 spiro atoms. The Bertz CT molecular complexity index is 532. The van der Waals surface area contributed by atoms with Crippen LogP contribution in [0.2, 0.25) is 10.2 Å². The molecule has 17 heavy (non-hydrogen) atoms. The molecule has 0 N–H and O–H groups in total. The van der Waals surface area contributed by atoms with Crippen molar-refractivity contribution in [3.05, 3.63) is 46.3 Å². The van der Waals surface area contributed by atoms with Crippen LogP contribution in [0.4, 0.5) is 0 Å². The minimum Gasteiger partial charge on any atom is -0.437 e. The van der Waals surface area contributed by atoms with Gasteiger partial charge in [0, 0.05) is 0 Å². The fourth-order valence-electron chi connectivity index (χ4n) is 1.39. The van der Waals surface area contributed by atoms with Gasteiger partial charge in [-0.25, -0.2) is 9.97 Å². The van der Waals surface area contributed by atoms with E-state index in [0.29, 0.717) is 28.2 Å². The fourth-order valence-corrected chi connectivity index (χ4v) is 1.83. The molecule has 0 unspecified atom stereocenters. The molecule has 1 aromatic carbocycles. The minimum atomic E-state index is 0.407. The first-order valence-electron chi connectivity index (χ1n) is 5.14. The van der Waals surface area contributed by atoms with Crippen molar-refractivity contribution in [2.75, 3.05) is 0 Å². The van der Waals surface area contributed by atoms with Crippen LogP contribution in [0.15, 0.2) is 30.6 Å². The van der Waals surface area contributed by atoms with Gasteiger partial charge in [0.15, 0.2) is 0 Å². The summed E-state index contributed by atoms with van der Waals surface area (Å²) in [5.41, 5.74) is 0.772. The van der Waals surface area contributed by atoms with E-state index in [1.807, 2.05) is 19.1 Å². The van der Waals surface area contributed by atoms with Crippen LogP contribution in [0.25, 0.3) is 0 Å². The van der Waals surface area contributed by atoms with Crippen LogP contribution in [0.3, 0.4) is 0 Å². The summed E-state index contributed by atoms with van der Waals surface area (Å²) in [4.78, 5) is 7.99. The molecule has 0 amide bonds. The molecule has 0 atom stereocenters.